The molecule has 0 saturated carbocycles. The van der Waals surface area contributed by atoms with Crippen molar-refractivity contribution < 1.29 is 29.0 Å². The van der Waals surface area contributed by atoms with Gasteiger partial charge in [0, 0.05) is 35.1 Å². The summed E-state index contributed by atoms with van der Waals surface area (Å²) in [6.45, 7) is 7.76. The SMILES string of the molecule is C=C[C@H](C)C(NC(=O)[C@@H]1CCCN1C(=O)[C@H](CCCC)NC(=O)OCCCC/C=C/c1ccc2[nH]c(-c3ccccc3)cc(=O)c2c1)C(=O)O. The van der Waals surface area contributed by atoms with E-state index < -0.39 is 42.0 Å². The zero-order valence-corrected chi connectivity index (χ0v) is 28.9. The van der Waals surface area contributed by atoms with Crippen LogP contribution in [0, 0.1) is 5.92 Å². The Morgan fingerprint density at radius 1 is 1.08 bits per heavy atom. The van der Waals surface area contributed by atoms with Crippen LogP contribution in [0.1, 0.15) is 70.8 Å². The number of benzene rings is 2. The van der Waals surface area contributed by atoms with E-state index in [1.165, 1.54) is 11.0 Å². The summed E-state index contributed by atoms with van der Waals surface area (Å²) < 4.78 is 5.39. The molecule has 1 saturated heterocycles. The molecule has 1 unspecified atom stereocenters. The van der Waals surface area contributed by atoms with E-state index >= 15 is 0 Å². The van der Waals surface area contributed by atoms with E-state index in [0.29, 0.717) is 44.0 Å². The zero-order chi connectivity index (χ0) is 36.0. The number of nitrogens with one attached hydrogen (secondary N) is 3. The largest absolute Gasteiger partial charge is 0.480 e. The maximum absolute atomic E-state index is 13.6. The molecule has 4 rings (SSSR count). The van der Waals surface area contributed by atoms with Crippen molar-refractivity contribution in [2.24, 2.45) is 5.92 Å². The molecule has 1 aromatic heterocycles. The Bertz CT molecular complexity index is 1740. The number of aliphatic carboxylic acids is 1. The second-order valence-corrected chi connectivity index (χ2v) is 12.7. The minimum Gasteiger partial charge on any atom is -0.480 e. The van der Waals surface area contributed by atoms with Gasteiger partial charge >= 0.3 is 12.1 Å². The van der Waals surface area contributed by atoms with Gasteiger partial charge in [-0.2, -0.15) is 0 Å². The zero-order valence-electron chi connectivity index (χ0n) is 28.9. The summed E-state index contributed by atoms with van der Waals surface area (Å²) in [5.74, 6) is -2.59. The Hall–Kier alpha value is -5.19. The van der Waals surface area contributed by atoms with Crippen LogP contribution < -0.4 is 16.1 Å². The quantitative estimate of drug-likeness (QED) is 0.0996. The predicted octanol–water partition coefficient (Wildman–Crippen LogP) is 6.05. The van der Waals surface area contributed by atoms with Crippen LogP contribution in [0.4, 0.5) is 4.79 Å². The van der Waals surface area contributed by atoms with Crippen molar-refractivity contribution in [1.29, 1.82) is 0 Å². The molecular weight excluding hydrogens is 636 g/mol. The molecule has 4 N–H and O–H groups in total. The molecule has 1 aliphatic rings. The lowest BCUT2D eigenvalue weighted by atomic mass is 10.0. The van der Waals surface area contributed by atoms with E-state index in [9.17, 15) is 29.1 Å². The number of nitrogens with zero attached hydrogens (tertiary/aromatic N) is 1. The molecule has 2 heterocycles. The van der Waals surface area contributed by atoms with E-state index in [1.54, 1.807) is 13.0 Å². The standard InChI is InChI=1S/C39H48N4O7/c1-4-6-18-31(37(46)43-22-14-19-33(43)36(45)42-35(38(47)48)26(3)5-2)41-39(49)50-23-13-8-7-10-15-27-20-21-30-29(24-27)34(44)25-32(40-30)28-16-11-9-12-17-28/h5,9-12,15-17,20-21,24-26,31,33,35H,2,4,6-8,13-14,18-19,22-23H2,1,3H3,(H,40,44)(H,41,49)(H,42,45)(H,47,48)/b15-10+/t26-,31-,33-,35?/m0/s1. The van der Waals surface area contributed by atoms with Gasteiger partial charge in [0.25, 0.3) is 0 Å². The number of carboxylic acid groups (broad SMARTS) is 1. The molecule has 0 spiro atoms. The number of hydrogen-bond acceptors (Lipinski definition) is 6. The van der Waals surface area contributed by atoms with Crippen molar-refractivity contribution in [3.05, 3.63) is 89.1 Å². The number of pyridine rings is 1. The fourth-order valence-corrected chi connectivity index (χ4v) is 6.05. The number of alkyl carbamates (subject to hydrolysis) is 1. The van der Waals surface area contributed by atoms with E-state index in [-0.39, 0.29) is 17.9 Å². The average Bonchev–Trinajstić information content (AvgIpc) is 3.62. The summed E-state index contributed by atoms with van der Waals surface area (Å²) in [6.07, 6.45) is 9.76. The van der Waals surface area contributed by atoms with Crippen molar-refractivity contribution in [3.63, 3.8) is 0 Å². The number of carbonyl (C=O) groups excluding carboxylic acids is 3. The van der Waals surface area contributed by atoms with Crippen LogP contribution in [0.2, 0.25) is 0 Å². The summed E-state index contributed by atoms with van der Waals surface area (Å²) in [7, 11) is 0. The number of allylic oxidation sites excluding steroid dienone is 1. The molecule has 4 atom stereocenters. The van der Waals surface area contributed by atoms with Crippen molar-refractivity contribution in [2.45, 2.75) is 83.3 Å². The molecule has 2 aromatic carbocycles. The van der Waals surface area contributed by atoms with Crippen molar-refractivity contribution in [2.75, 3.05) is 13.2 Å². The molecular formula is C39H48N4O7. The maximum atomic E-state index is 13.6. The Kier molecular flexibility index (Phi) is 14.0. The fraction of sp³-hybridized carbons (Fsp3) is 0.410. The third-order valence-electron chi connectivity index (χ3n) is 8.98. The van der Waals surface area contributed by atoms with Crippen LogP contribution in [0.15, 0.2) is 78.1 Å². The highest BCUT2D eigenvalue weighted by atomic mass is 16.5. The van der Waals surface area contributed by atoms with Gasteiger partial charge in [0.05, 0.1) is 6.61 Å². The Morgan fingerprint density at radius 2 is 1.86 bits per heavy atom. The highest BCUT2D eigenvalue weighted by molar-refractivity contribution is 5.93. The summed E-state index contributed by atoms with van der Waals surface area (Å²) in [4.78, 5) is 68.6. The second-order valence-electron chi connectivity index (χ2n) is 12.7. The summed E-state index contributed by atoms with van der Waals surface area (Å²) >= 11 is 0. The van der Waals surface area contributed by atoms with E-state index in [4.69, 9.17) is 4.74 Å². The number of carbonyl (C=O) groups is 4. The number of aromatic amines is 1. The topological polar surface area (TPSA) is 158 Å². The first-order valence-corrected chi connectivity index (χ1v) is 17.4. The molecule has 11 heteroatoms. The lowest BCUT2D eigenvalue weighted by Gasteiger charge is -2.30. The van der Waals surface area contributed by atoms with E-state index in [0.717, 1.165) is 41.6 Å². The summed E-state index contributed by atoms with van der Waals surface area (Å²) in [5, 5.41) is 15.4. The first-order valence-electron chi connectivity index (χ1n) is 17.4. The monoisotopic (exact) mass is 684 g/mol. The van der Waals surface area contributed by atoms with Gasteiger partial charge in [-0.3, -0.25) is 14.4 Å². The van der Waals surface area contributed by atoms with Gasteiger partial charge in [0.15, 0.2) is 5.43 Å². The van der Waals surface area contributed by atoms with Crippen LogP contribution >= 0.6 is 0 Å². The van der Waals surface area contributed by atoms with Crippen molar-refractivity contribution in [1.82, 2.24) is 20.5 Å². The number of aromatic nitrogens is 1. The van der Waals surface area contributed by atoms with Gasteiger partial charge in [-0.25, -0.2) is 9.59 Å². The molecule has 1 fully saturated rings. The minimum absolute atomic E-state index is 0.0459. The smallest absolute Gasteiger partial charge is 0.407 e. The first-order chi connectivity index (χ1) is 24.1. The van der Waals surface area contributed by atoms with Gasteiger partial charge in [-0.1, -0.05) is 81.3 Å². The average molecular weight is 685 g/mol. The lowest BCUT2D eigenvalue weighted by Crippen LogP contribution is -2.56. The molecule has 0 bridgehead atoms. The molecule has 11 nitrogen and oxygen atoms in total. The van der Waals surface area contributed by atoms with E-state index in [2.05, 4.69) is 22.2 Å². The van der Waals surface area contributed by atoms with Gasteiger partial charge in [-0.15, -0.1) is 6.58 Å². The third kappa shape index (κ3) is 10.2. The Labute approximate surface area is 292 Å². The number of hydrogen-bond donors (Lipinski definition) is 4. The highest BCUT2D eigenvalue weighted by Gasteiger charge is 2.39. The fourth-order valence-electron chi connectivity index (χ4n) is 6.05. The van der Waals surface area contributed by atoms with Crippen molar-refractivity contribution in [3.8, 4) is 11.3 Å². The van der Waals surface area contributed by atoms with Crippen molar-refractivity contribution >= 4 is 40.9 Å². The normalized spacial score (nSPS) is 16.1. The predicted molar refractivity (Wildman–Crippen MR) is 194 cm³/mol. The second kappa shape index (κ2) is 18.5. The van der Waals surface area contributed by atoms with E-state index in [1.807, 2.05) is 67.6 Å². The summed E-state index contributed by atoms with van der Waals surface area (Å²) in [5.41, 5.74) is 3.37. The summed E-state index contributed by atoms with van der Waals surface area (Å²) in [6, 6.07) is 14.2. The number of likely N-dealkylation sites (tertiary alicyclic amines) is 1. The highest BCUT2D eigenvalue weighted by Crippen LogP contribution is 2.22. The maximum Gasteiger partial charge on any atom is 0.407 e. The molecule has 0 radical (unpaired) electrons. The van der Waals surface area contributed by atoms with Gasteiger partial charge in [-0.05, 0) is 61.8 Å². The number of ether oxygens (including phenoxy) is 1. The number of H-pyrrole nitrogens is 1. The first kappa shape index (κ1) is 37.6. The Morgan fingerprint density at radius 3 is 2.58 bits per heavy atom. The molecule has 50 heavy (non-hydrogen) atoms. The molecule has 1 aliphatic heterocycles. The number of unbranched alkanes of at least 4 members (excludes halogenated alkanes) is 3. The number of rotatable bonds is 17. The lowest BCUT2D eigenvalue weighted by molar-refractivity contribution is -0.145. The van der Waals surface area contributed by atoms with Crippen LogP contribution in [-0.2, 0) is 19.1 Å². The Balaban J connectivity index is 1.24. The van der Waals surface area contributed by atoms with Crippen LogP contribution in [-0.4, -0.2) is 70.1 Å². The molecule has 3 amide bonds. The molecule has 0 aliphatic carbocycles. The number of carboxylic acids is 1. The van der Waals surface area contributed by atoms with Crippen LogP contribution in [0.5, 0.6) is 0 Å². The number of amides is 3. The van der Waals surface area contributed by atoms with Crippen LogP contribution in [0.3, 0.4) is 0 Å². The molecule has 3 aromatic rings. The van der Waals surface area contributed by atoms with Gasteiger partial charge in [0.2, 0.25) is 11.8 Å². The minimum atomic E-state index is -1.18. The number of fused-ring (bicyclic) bond motifs is 1. The van der Waals surface area contributed by atoms with Gasteiger partial charge in [0.1, 0.15) is 18.1 Å². The van der Waals surface area contributed by atoms with Gasteiger partial charge < -0.3 is 30.4 Å². The van der Waals surface area contributed by atoms with Crippen LogP contribution in [0.25, 0.3) is 28.2 Å². The molecule has 266 valence electrons. The third-order valence-corrected chi connectivity index (χ3v) is 8.98.